The van der Waals surface area contributed by atoms with Crippen LogP contribution in [0.4, 0.5) is 0 Å². The summed E-state index contributed by atoms with van der Waals surface area (Å²) in [6, 6.07) is 0. The minimum Gasteiger partial charge on any atom is -0.303 e. The number of carbonyl (C=O) groups excluding carboxylic acids is 1. The highest BCUT2D eigenvalue weighted by Gasteiger charge is 2.11. The molecule has 0 rings (SSSR count). The summed E-state index contributed by atoms with van der Waals surface area (Å²) in [4.78, 5) is 10.6. The molecular formula is C16H32O. The van der Waals surface area contributed by atoms with E-state index in [0.29, 0.717) is 11.8 Å². The normalized spacial score (nSPS) is 12.9. The van der Waals surface area contributed by atoms with E-state index in [1.54, 1.807) is 0 Å². The molecule has 0 aromatic heterocycles. The second-order valence-corrected chi connectivity index (χ2v) is 5.67. The lowest BCUT2D eigenvalue weighted by molar-refractivity contribution is -0.109. The zero-order valence-corrected chi connectivity index (χ0v) is 12.2. The van der Waals surface area contributed by atoms with E-state index in [0.717, 1.165) is 12.7 Å². The van der Waals surface area contributed by atoms with E-state index >= 15 is 0 Å². The number of carbonyl (C=O) groups is 1. The number of aldehydes is 1. The molecule has 0 N–H and O–H groups in total. The summed E-state index contributed by atoms with van der Waals surface area (Å²) >= 11 is 0. The zero-order valence-electron chi connectivity index (χ0n) is 12.2. The largest absolute Gasteiger partial charge is 0.303 e. The molecule has 1 atom stereocenters. The predicted octanol–water partition coefficient (Wildman–Crippen LogP) is 5.38. The number of unbranched alkanes of at least 4 members (excludes halogenated alkanes) is 7. The molecule has 0 saturated heterocycles. The fraction of sp³-hybridized carbons (Fsp3) is 0.938. The van der Waals surface area contributed by atoms with Crippen molar-refractivity contribution < 1.29 is 4.79 Å². The van der Waals surface area contributed by atoms with E-state index in [1.807, 2.05) is 0 Å². The highest BCUT2D eigenvalue weighted by atomic mass is 16.1. The van der Waals surface area contributed by atoms with Gasteiger partial charge < -0.3 is 4.79 Å². The van der Waals surface area contributed by atoms with E-state index in [9.17, 15) is 4.79 Å². The SMILES string of the molecule is CCCCCCCCCCC(CC=O)C(C)C. The average molecular weight is 240 g/mol. The maximum atomic E-state index is 10.6. The van der Waals surface area contributed by atoms with Gasteiger partial charge in [0.25, 0.3) is 0 Å². The summed E-state index contributed by atoms with van der Waals surface area (Å²) in [7, 11) is 0. The summed E-state index contributed by atoms with van der Waals surface area (Å²) in [6.45, 7) is 6.73. The van der Waals surface area contributed by atoms with Gasteiger partial charge in [-0.05, 0) is 18.3 Å². The van der Waals surface area contributed by atoms with Crippen LogP contribution in [0.2, 0.25) is 0 Å². The molecule has 0 spiro atoms. The van der Waals surface area contributed by atoms with Crippen molar-refractivity contribution in [2.45, 2.75) is 85.0 Å². The molecule has 0 aliphatic heterocycles. The third-order valence-electron chi connectivity index (χ3n) is 3.77. The van der Waals surface area contributed by atoms with Crippen LogP contribution in [0.1, 0.15) is 85.0 Å². The van der Waals surface area contributed by atoms with Crippen molar-refractivity contribution in [3.05, 3.63) is 0 Å². The summed E-state index contributed by atoms with van der Waals surface area (Å²) in [6.07, 6.45) is 14.1. The Kier molecular flexibility index (Phi) is 11.9. The quantitative estimate of drug-likeness (QED) is 0.331. The van der Waals surface area contributed by atoms with Gasteiger partial charge in [-0.1, -0.05) is 72.1 Å². The average Bonchev–Trinajstić information content (AvgIpc) is 2.31. The molecule has 0 aliphatic rings. The Morgan fingerprint density at radius 2 is 1.41 bits per heavy atom. The molecule has 0 saturated carbocycles. The first kappa shape index (κ1) is 16.7. The lowest BCUT2D eigenvalue weighted by Gasteiger charge is -2.17. The van der Waals surface area contributed by atoms with Crippen LogP contribution in [0.3, 0.4) is 0 Å². The minimum atomic E-state index is 0.618. The van der Waals surface area contributed by atoms with Gasteiger partial charge in [-0.3, -0.25) is 0 Å². The first-order valence-corrected chi connectivity index (χ1v) is 7.66. The summed E-state index contributed by atoms with van der Waals surface area (Å²) in [5.41, 5.74) is 0. The van der Waals surface area contributed by atoms with Gasteiger partial charge in [-0.2, -0.15) is 0 Å². The van der Waals surface area contributed by atoms with Crippen LogP contribution in [0, 0.1) is 11.8 Å². The van der Waals surface area contributed by atoms with Crippen molar-refractivity contribution in [3.8, 4) is 0 Å². The van der Waals surface area contributed by atoms with Crippen LogP contribution >= 0.6 is 0 Å². The molecule has 0 heterocycles. The summed E-state index contributed by atoms with van der Waals surface area (Å²) in [5.74, 6) is 1.28. The van der Waals surface area contributed by atoms with Gasteiger partial charge in [0.2, 0.25) is 0 Å². The van der Waals surface area contributed by atoms with Crippen LogP contribution in [0.5, 0.6) is 0 Å². The maximum absolute atomic E-state index is 10.6. The van der Waals surface area contributed by atoms with Crippen LogP contribution in [0.25, 0.3) is 0 Å². The monoisotopic (exact) mass is 240 g/mol. The summed E-state index contributed by atoms with van der Waals surface area (Å²) < 4.78 is 0. The van der Waals surface area contributed by atoms with E-state index in [1.165, 1.54) is 57.8 Å². The van der Waals surface area contributed by atoms with E-state index in [4.69, 9.17) is 0 Å². The Hall–Kier alpha value is -0.330. The highest BCUT2D eigenvalue weighted by Crippen LogP contribution is 2.21. The van der Waals surface area contributed by atoms with Crippen LogP contribution in [-0.2, 0) is 4.79 Å². The van der Waals surface area contributed by atoms with Gasteiger partial charge in [0.1, 0.15) is 6.29 Å². The van der Waals surface area contributed by atoms with Crippen molar-refractivity contribution in [1.82, 2.24) is 0 Å². The standard InChI is InChI=1S/C16H32O/c1-4-5-6-7-8-9-10-11-12-16(13-14-17)15(2)3/h14-16H,4-13H2,1-3H3. The van der Waals surface area contributed by atoms with Gasteiger partial charge in [0.15, 0.2) is 0 Å². The van der Waals surface area contributed by atoms with Crippen LogP contribution in [-0.4, -0.2) is 6.29 Å². The fourth-order valence-corrected chi connectivity index (χ4v) is 2.39. The maximum Gasteiger partial charge on any atom is 0.120 e. The molecule has 1 heteroatoms. The Bertz CT molecular complexity index is 163. The van der Waals surface area contributed by atoms with Gasteiger partial charge >= 0.3 is 0 Å². The molecule has 0 amide bonds. The molecule has 0 aliphatic carbocycles. The molecule has 17 heavy (non-hydrogen) atoms. The van der Waals surface area contributed by atoms with Crippen molar-refractivity contribution in [3.63, 3.8) is 0 Å². The van der Waals surface area contributed by atoms with Crippen molar-refractivity contribution >= 4 is 6.29 Å². The third kappa shape index (κ3) is 10.5. The molecular weight excluding hydrogens is 208 g/mol. The van der Waals surface area contributed by atoms with E-state index in [-0.39, 0.29) is 0 Å². The third-order valence-corrected chi connectivity index (χ3v) is 3.77. The number of rotatable bonds is 12. The van der Waals surface area contributed by atoms with Crippen molar-refractivity contribution in [1.29, 1.82) is 0 Å². The van der Waals surface area contributed by atoms with E-state index in [2.05, 4.69) is 20.8 Å². The Labute approximate surface area is 108 Å². The molecule has 0 bridgehead atoms. The summed E-state index contributed by atoms with van der Waals surface area (Å²) in [5, 5.41) is 0. The van der Waals surface area contributed by atoms with Crippen molar-refractivity contribution in [2.75, 3.05) is 0 Å². The lowest BCUT2D eigenvalue weighted by atomic mass is 9.88. The molecule has 0 radical (unpaired) electrons. The molecule has 0 aromatic rings. The molecule has 1 unspecified atom stereocenters. The van der Waals surface area contributed by atoms with E-state index < -0.39 is 0 Å². The molecule has 102 valence electrons. The molecule has 0 aromatic carbocycles. The zero-order chi connectivity index (χ0) is 12.9. The molecule has 0 fully saturated rings. The Morgan fingerprint density at radius 3 is 1.88 bits per heavy atom. The minimum absolute atomic E-state index is 0.618. The number of hydrogen-bond acceptors (Lipinski definition) is 1. The first-order chi connectivity index (χ1) is 8.22. The number of hydrogen-bond donors (Lipinski definition) is 0. The predicted molar refractivity (Wildman–Crippen MR) is 76.2 cm³/mol. The smallest absolute Gasteiger partial charge is 0.120 e. The Morgan fingerprint density at radius 1 is 0.882 bits per heavy atom. The highest BCUT2D eigenvalue weighted by molar-refractivity contribution is 5.49. The van der Waals surface area contributed by atoms with Crippen molar-refractivity contribution in [2.24, 2.45) is 11.8 Å². The Balaban J connectivity index is 3.33. The first-order valence-electron chi connectivity index (χ1n) is 7.66. The molecule has 1 nitrogen and oxygen atoms in total. The second-order valence-electron chi connectivity index (χ2n) is 5.67. The van der Waals surface area contributed by atoms with Crippen LogP contribution < -0.4 is 0 Å². The topological polar surface area (TPSA) is 17.1 Å². The van der Waals surface area contributed by atoms with Gasteiger partial charge in [-0.15, -0.1) is 0 Å². The lowest BCUT2D eigenvalue weighted by Crippen LogP contribution is -2.09. The van der Waals surface area contributed by atoms with Gasteiger partial charge in [-0.25, -0.2) is 0 Å². The van der Waals surface area contributed by atoms with Crippen LogP contribution in [0.15, 0.2) is 0 Å². The second kappa shape index (κ2) is 12.1. The van der Waals surface area contributed by atoms with Gasteiger partial charge in [0, 0.05) is 6.42 Å². The fourth-order valence-electron chi connectivity index (χ4n) is 2.39. The van der Waals surface area contributed by atoms with Gasteiger partial charge in [0.05, 0.1) is 0 Å².